The number of likely N-dealkylation sites (N-methyl/N-ethyl adjacent to an activating group) is 1. The monoisotopic (exact) mass is 964 g/mol. The summed E-state index contributed by atoms with van der Waals surface area (Å²) in [5, 5.41) is 9.45. The van der Waals surface area contributed by atoms with Gasteiger partial charge in [-0.1, -0.05) is 79.7 Å². The molecule has 3 aliphatic heterocycles. The maximum absolute atomic E-state index is 14.3. The molecule has 13 heteroatoms. The average Bonchev–Trinajstić information content (AvgIpc) is 4.05. The molecule has 5 aliphatic rings. The number of likely N-dealkylation sites (tertiary alicyclic amines) is 2. The number of carbonyl (C=O) groups excluding carboxylic acids is 6. The summed E-state index contributed by atoms with van der Waals surface area (Å²) in [6, 6.07) is 10.9. The number of rotatable bonds is 16. The van der Waals surface area contributed by atoms with Crippen LogP contribution in [0.4, 0.5) is 11.4 Å². The molecule has 4 amide bonds. The quantitative estimate of drug-likeness (QED) is 0.154. The van der Waals surface area contributed by atoms with Gasteiger partial charge in [-0.05, 0) is 136 Å². The van der Waals surface area contributed by atoms with Crippen molar-refractivity contribution in [3.8, 4) is 0 Å². The lowest BCUT2D eigenvalue weighted by Gasteiger charge is -2.41. The molecular weight excluding hydrogens is 879 g/mol. The molecule has 2 aromatic carbocycles. The zero-order valence-corrected chi connectivity index (χ0v) is 44.3. The molecule has 13 nitrogen and oxygen atoms in total. The van der Waals surface area contributed by atoms with E-state index in [4.69, 9.17) is 0 Å². The smallest absolute Gasteiger partial charge is 0.246 e. The van der Waals surface area contributed by atoms with Crippen molar-refractivity contribution in [2.75, 3.05) is 56.1 Å². The van der Waals surface area contributed by atoms with Gasteiger partial charge >= 0.3 is 0 Å². The molecule has 0 spiro atoms. The van der Waals surface area contributed by atoms with E-state index in [0.29, 0.717) is 38.8 Å². The molecule has 8 atom stereocenters. The van der Waals surface area contributed by atoms with Gasteiger partial charge in [0.25, 0.3) is 0 Å². The first-order valence-corrected chi connectivity index (χ1v) is 26.9. The Morgan fingerprint density at radius 2 is 1.23 bits per heavy atom. The van der Waals surface area contributed by atoms with E-state index in [0.717, 1.165) is 83.1 Å². The molecule has 70 heavy (non-hydrogen) atoms. The van der Waals surface area contributed by atoms with E-state index in [1.54, 1.807) is 11.9 Å². The van der Waals surface area contributed by atoms with Crippen molar-refractivity contribution >= 4 is 46.6 Å². The van der Waals surface area contributed by atoms with Crippen LogP contribution < -0.4 is 25.8 Å². The number of nitrogens with one attached hydrogen (secondary N) is 3. The Labute approximate surface area is 419 Å². The SMILES string of the molecule is CC[C@@H](C)C(=O)N[C@H](C(=O)N1CCCC1C(=O)N[C@@H]1CCCc2c1cccc2N1CCN(c2cccc3c2CCC[C@H]3CC(=O)[C@@H]2CCCN2C(=O)[C@@H](CC(=O)[C@H](C)NC)C(C)(C)C)CC1)C(C)(C)C. The number of fused-ring (bicyclic) bond motifs is 2. The maximum atomic E-state index is 14.3. The molecule has 2 aromatic rings. The second-order valence-corrected chi connectivity index (χ2v) is 23.5. The molecule has 3 fully saturated rings. The van der Waals surface area contributed by atoms with Crippen LogP contribution in [0, 0.1) is 22.7 Å². The van der Waals surface area contributed by atoms with Crippen molar-refractivity contribution in [3.63, 3.8) is 0 Å². The first kappa shape index (κ1) is 53.0. The lowest BCUT2D eigenvalue weighted by Crippen LogP contribution is -2.58. The number of nitrogens with zero attached hydrogens (tertiary/aromatic N) is 4. The minimum absolute atomic E-state index is 0.0179. The minimum Gasteiger partial charge on any atom is -0.368 e. The number of piperazine rings is 1. The molecule has 1 unspecified atom stereocenters. The Bertz CT molecular complexity index is 2080. The molecule has 0 radical (unpaired) electrons. The summed E-state index contributed by atoms with van der Waals surface area (Å²) < 4.78 is 0. The number of anilines is 2. The van der Waals surface area contributed by atoms with Gasteiger partial charge in [0.15, 0.2) is 5.78 Å². The van der Waals surface area contributed by atoms with Gasteiger partial charge in [0, 0.05) is 75.3 Å². The summed E-state index contributed by atoms with van der Waals surface area (Å²) in [4.78, 5) is 91.4. The summed E-state index contributed by atoms with van der Waals surface area (Å²) in [6.07, 6.45) is 9.77. The third-order valence-electron chi connectivity index (χ3n) is 16.7. The third-order valence-corrected chi connectivity index (χ3v) is 16.7. The van der Waals surface area contributed by atoms with Gasteiger partial charge < -0.3 is 35.6 Å². The van der Waals surface area contributed by atoms with Crippen LogP contribution in [0.3, 0.4) is 0 Å². The Morgan fingerprint density at radius 3 is 1.80 bits per heavy atom. The van der Waals surface area contributed by atoms with Crippen LogP contribution in [-0.2, 0) is 41.6 Å². The van der Waals surface area contributed by atoms with E-state index in [2.05, 4.69) is 62.1 Å². The fourth-order valence-electron chi connectivity index (χ4n) is 12.0. The van der Waals surface area contributed by atoms with Crippen LogP contribution in [0.15, 0.2) is 36.4 Å². The highest BCUT2D eigenvalue weighted by atomic mass is 16.2. The van der Waals surface area contributed by atoms with E-state index >= 15 is 0 Å². The van der Waals surface area contributed by atoms with Gasteiger partial charge in [0.1, 0.15) is 17.9 Å². The predicted molar refractivity (Wildman–Crippen MR) is 278 cm³/mol. The number of ketones is 2. The summed E-state index contributed by atoms with van der Waals surface area (Å²) in [6.45, 7) is 22.1. The summed E-state index contributed by atoms with van der Waals surface area (Å²) >= 11 is 0. The van der Waals surface area contributed by atoms with Gasteiger partial charge in [-0.15, -0.1) is 0 Å². The molecule has 3 saturated heterocycles. The fourth-order valence-corrected chi connectivity index (χ4v) is 12.0. The van der Waals surface area contributed by atoms with E-state index in [-0.39, 0.29) is 65.5 Å². The zero-order chi connectivity index (χ0) is 50.7. The summed E-state index contributed by atoms with van der Waals surface area (Å²) in [7, 11) is 1.76. The van der Waals surface area contributed by atoms with Crippen LogP contribution in [-0.4, -0.2) is 115 Å². The standard InChI is InChI=1S/C57H85N7O6/c1-11-36(2)52(67)60-51(57(7,8)9)55(70)64-29-17-27-48(64)53(68)59-44-23-13-22-42-40(44)20-15-25-46(42)62-32-30-61(31-33-62)45-24-14-19-39-38(18-12-21-41(39)45)34-50(66)47-26-16-28-63(47)54(69)43(56(4,5)6)35-49(65)37(3)58-10/h14-15,19-20,24-25,36-38,43-44,47-48,51,58H,11-13,16-18,21-23,26-35H2,1-10H3,(H,59,68)(H,60,67)/t36-,37+,38+,43-,44-,47+,48?,51-/m1/s1. The predicted octanol–water partition coefficient (Wildman–Crippen LogP) is 7.67. The first-order valence-electron chi connectivity index (χ1n) is 26.9. The lowest BCUT2D eigenvalue weighted by atomic mass is 9.76. The van der Waals surface area contributed by atoms with E-state index in [1.807, 2.05) is 67.2 Å². The molecule has 0 saturated carbocycles. The van der Waals surface area contributed by atoms with Crippen molar-refractivity contribution in [1.29, 1.82) is 0 Å². The third kappa shape index (κ3) is 11.6. The molecule has 0 aromatic heterocycles. The number of Topliss-reactive ketones (excluding diaryl/α,β-unsaturated/α-hetero) is 2. The molecule has 384 valence electrons. The van der Waals surface area contributed by atoms with Crippen LogP contribution in [0.25, 0.3) is 0 Å². The highest BCUT2D eigenvalue weighted by molar-refractivity contribution is 5.95. The number of amides is 4. The Morgan fingerprint density at radius 1 is 0.671 bits per heavy atom. The molecule has 0 bridgehead atoms. The van der Waals surface area contributed by atoms with Crippen molar-refractivity contribution in [1.82, 2.24) is 25.8 Å². The van der Waals surface area contributed by atoms with Gasteiger partial charge in [-0.2, -0.15) is 0 Å². The first-order chi connectivity index (χ1) is 33.2. The topological polar surface area (TPSA) is 151 Å². The Balaban J connectivity index is 0.990. The Hall–Kier alpha value is -4.78. The number of benzene rings is 2. The van der Waals surface area contributed by atoms with E-state index < -0.39 is 34.9 Å². The van der Waals surface area contributed by atoms with Crippen LogP contribution >= 0.6 is 0 Å². The summed E-state index contributed by atoms with van der Waals surface area (Å²) in [5.74, 6) is -0.930. The van der Waals surface area contributed by atoms with Crippen molar-refractivity contribution in [2.45, 2.75) is 182 Å². The molecule has 3 heterocycles. The van der Waals surface area contributed by atoms with Crippen LogP contribution in [0.1, 0.15) is 167 Å². The average molecular weight is 964 g/mol. The zero-order valence-electron chi connectivity index (χ0n) is 44.3. The maximum Gasteiger partial charge on any atom is 0.246 e. The largest absolute Gasteiger partial charge is 0.368 e. The fraction of sp³-hybridized carbons (Fsp3) is 0.684. The highest BCUT2D eigenvalue weighted by Crippen LogP contribution is 2.42. The van der Waals surface area contributed by atoms with Gasteiger partial charge in [0.2, 0.25) is 23.6 Å². The van der Waals surface area contributed by atoms with Crippen molar-refractivity contribution < 1.29 is 28.8 Å². The van der Waals surface area contributed by atoms with E-state index in [1.165, 1.54) is 28.1 Å². The van der Waals surface area contributed by atoms with Crippen LogP contribution in [0.5, 0.6) is 0 Å². The number of carbonyl (C=O) groups is 6. The van der Waals surface area contributed by atoms with Gasteiger partial charge in [0.05, 0.1) is 18.1 Å². The Kier molecular flexibility index (Phi) is 16.9. The van der Waals surface area contributed by atoms with Crippen molar-refractivity contribution in [2.24, 2.45) is 22.7 Å². The number of hydrogen-bond acceptors (Lipinski definition) is 9. The minimum atomic E-state index is -0.723. The van der Waals surface area contributed by atoms with Gasteiger partial charge in [-0.25, -0.2) is 0 Å². The second-order valence-electron chi connectivity index (χ2n) is 23.5. The van der Waals surface area contributed by atoms with Crippen LogP contribution in [0.2, 0.25) is 0 Å². The molecular formula is C57H85N7O6. The molecule has 3 N–H and O–H groups in total. The molecule has 2 aliphatic carbocycles. The lowest BCUT2D eigenvalue weighted by molar-refractivity contribution is -0.146. The summed E-state index contributed by atoms with van der Waals surface area (Å²) in [5.41, 5.74) is 6.65. The van der Waals surface area contributed by atoms with Crippen molar-refractivity contribution in [3.05, 3.63) is 58.7 Å². The second kappa shape index (κ2) is 22.3. The number of hydrogen-bond donors (Lipinski definition) is 3. The van der Waals surface area contributed by atoms with Gasteiger partial charge in [-0.3, -0.25) is 28.8 Å². The highest BCUT2D eigenvalue weighted by Gasteiger charge is 2.45. The normalized spacial score (nSPS) is 23.5. The van der Waals surface area contributed by atoms with E-state index in [9.17, 15) is 28.8 Å². The molecule has 7 rings (SSSR count).